The van der Waals surface area contributed by atoms with Gasteiger partial charge in [0.15, 0.2) is 0 Å². The minimum atomic E-state index is 0. The van der Waals surface area contributed by atoms with Crippen LogP contribution in [0.25, 0.3) is 10.1 Å². The number of benzene rings is 1. The fraction of sp³-hybridized carbons (Fsp3) is 0.273. The van der Waals surface area contributed by atoms with E-state index in [0.29, 0.717) is 0 Å². The molecule has 0 amide bonds. The van der Waals surface area contributed by atoms with Gasteiger partial charge in [0.1, 0.15) is 0 Å². The van der Waals surface area contributed by atoms with Crippen molar-refractivity contribution in [2.75, 3.05) is 6.54 Å². The van der Waals surface area contributed by atoms with Crippen LogP contribution in [-0.4, -0.2) is 6.54 Å². The summed E-state index contributed by atoms with van der Waals surface area (Å²) in [6.07, 6.45) is 0.986. The number of rotatable bonds is 2. The summed E-state index contributed by atoms with van der Waals surface area (Å²) in [5.74, 6) is 0. The summed E-state index contributed by atoms with van der Waals surface area (Å²) in [7, 11) is 0. The molecule has 0 radical (unpaired) electrons. The molecule has 0 fully saturated rings. The summed E-state index contributed by atoms with van der Waals surface area (Å²) in [6, 6.07) is 6.54. The van der Waals surface area contributed by atoms with E-state index in [9.17, 15) is 0 Å². The van der Waals surface area contributed by atoms with Crippen molar-refractivity contribution < 1.29 is 0 Å². The topological polar surface area (TPSA) is 26.0 Å². The number of hydrogen-bond acceptors (Lipinski definition) is 2. The third kappa shape index (κ3) is 1.92. The Hall–Kier alpha value is -0.570. The van der Waals surface area contributed by atoms with Crippen LogP contribution in [0.2, 0.25) is 0 Å². The van der Waals surface area contributed by atoms with Gasteiger partial charge in [0, 0.05) is 4.70 Å². The lowest BCUT2D eigenvalue weighted by molar-refractivity contribution is 0.962. The van der Waals surface area contributed by atoms with Gasteiger partial charge in [0.25, 0.3) is 0 Å². The van der Waals surface area contributed by atoms with E-state index in [1.165, 1.54) is 21.2 Å². The molecular formula is C11H14ClNS. The van der Waals surface area contributed by atoms with Crippen molar-refractivity contribution in [2.45, 2.75) is 13.3 Å². The van der Waals surface area contributed by atoms with Crippen molar-refractivity contribution in [1.29, 1.82) is 0 Å². The van der Waals surface area contributed by atoms with Gasteiger partial charge in [-0.25, -0.2) is 0 Å². The minimum absolute atomic E-state index is 0. The van der Waals surface area contributed by atoms with Gasteiger partial charge < -0.3 is 5.73 Å². The molecule has 1 aromatic heterocycles. The molecular weight excluding hydrogens is 214 g/mol. The fourth-order valence-electron chi connectivity index (χ4n) is 1.64. The average Bonchev–Trinajstić information content (AvgIpc) is 2.58. The second kappa shape index (κ2) is 4.78. The zero-order valence-corrected chi connectivity index (χ0v) is 9.75. The predicted octanol–water partition coefficient (Wildman–Crippen LogP) is 3.13. The second-order valence-electron chi connectivity index (χ2n) is 3.23. The molecule has 0 saturated heterocycles. The van der Waals surface area contributed by atoms with E-state index in [-0.39, 0.29) is 12.4 Å². The SMILES string of the molecule is Cc1c(CCN)ccc2ccsc12.Cl. The van der Waals surface area contributed by atoms with Gasteiger partial charge in [-0.1, -0.05) is 12.1 Å². The van der Waals surface area contributed by atoms with E-state index < -0.39 is 0 Å². The largest absolute Gasteiger partial charge is 0.330 e. The lowest BCUT2D eigenvalue weighted by Gasteiger charge is -2.04. The van der Waals surface area contributed by atoms with Gasteiger partial charge in [-0.2, -0.15) is 0 Å². The standard InChI is InChI=1S/C11H13NS.ClH/c1-8-9(4-6-12)2-3-10-5-7-13-11(8)10;/h2-3,5,7H,4,6,12H2,1H3;1H. The molecule has 3 heteroatoms. The predicted molar refractivity (Wildman–Crippen MR) is 66.6 cm³/mol. The molecule has 0 aliphatic heterocycles. The number of hydrogen-bond donors (Lipinski definition) is 1. The van der Waals surface area contributed by atoms with Crippen LogP contribution in [0.1, 0.15) is 11.1 Å². The third-order valence-electron chi connectivity index (χ3n) is 2.40. The number of aryl methyl sites for hydroxylation is 1. The molecule has 0 aliphatic rings. The number of thiophene rings is 1. The van der Waals surface area contributed by atoms with Crippen LogP contribution >= 0.6 is 23.7 Å². The maximum Gasteiger partial charge on any atom is 0.0374 e. The summed E-state index contributed by atoms with van der Waals surface area (Å²) < 4.78 is 1.41. The first-order valence-corrected chi connectivity index (χ1v) is 5.36. The molecule has 1 aromatic carbocycles. The van der Waals surface area contributed by atoms with Crippen molar-refractivity contribution in [3.8, 4) is 0 Å². The summed E-state index contributed by atoms with van der Waals surface area (Å²) in [5, 5.41) is 3.49. The molecule has 76 valence electrons. The molecule has 1 nitrogen and oxygen atoms in total. The van der Waals surface area contributed by atoms with Gasteiger partial charge in [-0.3, -0.25) is 0 Å². The summed E-state index contributed by atoms with van der Waals surface area (Å²) in [6.45, 7) is 2.92. The third-order valence-corrected chi connectivity index (χ3v) is 3.45. The van der Waals surface area contributed by atoms with E-state index in [4.69, 9.17) is 5.73 Å². The fourth-order valence-corrected chi connectivity index (χ4v) is 2.57. The lowest BCUT2D eigenvalue weighted by Crippen LogP contribution is -2.03. The van der Waals surface area contributed by atoms with Crippen LogP contribution < -0.4 is 5.73 Å². The minimum Gasteiger partial charge on any atom is -0.330 e. The van der Waals surface area contributed by atoms with E-state index in [0.717, 1.165) is 13.0 Å². The van der Waals surface area contributed by atoms with Crippen molar-refractivity contribution in [1.82, 2.24) is 0 Å². The summed E-state index contributed by atoms with van der Waals surface area (Å²) in [5.41, 5.74) is 8.34. The van der Waals surface area contributed by atoms with Crippen LogP contribution in [0.3, 0.4) is 0 Å². The Morgan fingerprint density at radius 1 is 1.29 bits per heavy atom. The Morgan fingerprint density at radius 3 is 2.79 bits per heavy atom. The molecule has 0 aliphatic carbocycles. The molecule has 14 heavy (non-hydrogen) atoms. The van der Waals surface area contributed by atoms with Crippen LogP contribution in [0.15, 0.2) is 23.6 Å². The van der Waals surface area contributed by atoms with Gasteiger partial charge in [-0.05, 0) is 47.8 Å². The van der Waals surface area contributed by atoms with E-state index in [1.54, 1.807) is 0 Å². The highest BCUT2D eigenvalue weighted by atomic mass is 35.5. The van der Waals surface area contributed by atoms with E-state index in [1.807, 2.05) is 11.3 Å². The second-order valence-corrected chi connectivity index (χ2v) is 4.14. The van der Waals surface area contributed by atoms with Gasteiger partial charge in [0.2, 0.25) is 0 Å². The van der Waals surface area contributed by atoms with Crippen LogP contribution in [-0.2, 0) is 6.42 Å². The maximum absolute atomic E-state index is 5.55. The molecule has 0 saturated carbocycles. The van der Waals surface area contributed by atoms with Crippen LogP contribution in [0.4, 0.5) is 0 Å². The van der Waals surface area contributed by atoms with Crippen molar-refractivity contribution >= 4 is 33.8 Å². The highest BCUT2D eigenvalue weighted by molar-refractivity contribution is 7.17. The van der Waals surface area contributed by atoms with Crippen molar-refractivity contribution in [2.24, 2.45) is 5.73 Å². The number of fused-ring (bicyclic) bond motifs is 1. The Bertz CT molecular complexity index is 422. The molecule has 0 bridgehead atoms. The summed E-state index contributed by atoms with van der Waals surface area (Å²) in [4.78, 5) is 0. The smallest absolute Gasteiger partial charge is 0.0374 e. The molecule has 0 atom stereocenters. The Kier molecular flexibility index (Phi) is 3.93. The van der Waals surface area contributed by atoms with Gasteiger partial charge in [0.05, 0.1) is 0 Å². The first-order chi connectivity index (χ1) is 6.33. The van der Waals surface area contributed by atoms with E-state index in [2.05, 4.69) is 30.5 Å². The normalized spacial score (nSPS) is 10.1. The highest BCUT2D eigenvalue weighted by Crippen LogP contribution is 2.26. The molecule has 0 unspecified atom stereocenters. The first kappa shape index (κ1) is 11.5. The Morgan fingerprint density at radius 2 is 2.07 bits per heavy atom. The summed E-state index contributed by atoms with van der Waals surface area (Å²) >= 11 is 1.81. The Labute approximate surface area is 94.3 Å². The van der Waals surface area contributed by atoms with Gasteiger partial charge in [-0.15, -0.1) is 23.7 Å². The number of nitrogens with two attached hydrogens (primary N) is 1. The monoisotopic (exact) mass is 227 g/mol. The van der Waals surface area contributed by atoms with E-state index >= 15 is 0 Å². The highest BCUT2D eigenvalue weighted by Gasteiger charge is 2.03. The molecule has 2 rings (SSSR count). The average molecular weight is 228 g/mol. The molecule has 2 aromatic rings. The zero-order chi connectivity index (χ0) is 9.26. The van der Waals surface area contributed by atoms with Crippen LogP contribution in [0, 0.1) is 6.92 Å². The molecule has 0 spiro atoms. The van der Waals surface area contributed by atoms with Crippen molar-refractivity contribution in [3.05, 3.63) is 34.7 Å². The molecule has 2 N–H and O–H groups in total. The quantitative estimate of drug-likeness (QED) is 0.838. The van der Waals surface area contributed by atoms with Crippen LogP contribution in [0.5, 0.6) is 0 Å². The number of halogens is 1. The first-order valence-electron chi connectivity index (χ1n) is 4.48. The lowest BCUT2D eigenvalue weighted by atomic mass is 10.0. The zero-order valence-electron chi connectivity index (χ0n) is 8.12. The van der Waals surface area contributed by atoms with Gasteiger partial charge >= 0.3 is 0 Å². The maximum atomic E-state index is 5.55. The molecule has 1 heterocycles. The Balaban J connectivity index is 0.000000980. The van der Waals surface area contributed by atoms with Crippen molar-refractivity contribution in [3.63, 3.8) is 0 Å².